The van der Waals surface area contributed by atoms with Crippen LogP contribution in [0.15, 0.2) is 24.3 Å². The number of rotatable bonds is 3. The van der Waals surface area contributed by atoms with Gasteiger partial charge in [-0.05, 0) is 12.1 Å². The van der Waals surface area contributed by atoms with Gasteiger partial charge in [0, 0.05) is 30.5 Å². The Bertz CT molecular complexity index is 464. The van der Waals surface area contributed by atoms with E-state index in [4.69, 9.17) is 5.26 Å². The average Bonchev–Trinajstić information content (AvgIpc) is 2.40. The molecular weight excluding hydrogens is 246 g/mol. The van der Waals surface area contributed by atoms with E-state index >= 15 is 0 Å². The van der Waals surface area contributed by atoms with E-state index in [1.54, 1.807) is 18.2 Å². The van der Waals surface area contributed by atoms with E-state index in [-0.39, 0.29) is 11.9 Å². The third-order valence-corrected chi connectivity index (χ3v) is 3.88. The first kappa shape index (κ1) is 12.9. The van der Waals surface area contributed by atoms with E-state index in [0.29, 0.717) is 17.7 Å². The predicted octanol–water partition coefficient (Wildman–Crippen LogP) is 1.59. The average molecular weight is 261 g/mol. The Balaban J connectivity index is 1.92. The van der Waals surface area contributed by atoms with E-state index in [0.717, 1.165) is 18.1 Å². The number of benzene rings is 1. The molecule has 0 spiro atoms. The summed E-state index contributed by atoms with van der Waals surface area (Å²) in [6, 6.07) is 9.35. The molecule has 1 aliphatic rings. The van der Waals surface area contributed by atoms with Gasteiger partial charge in [0.2, 0.25) is 5.91 Å². The van der Waals surface area contributed by atoms with Crippen LogP contribution in [0.4, 0.5) is 5.69 Å². The zero-order valence-corrected chi connectivity index (χ0v) is 10.8. The Morgan fingerprint density at radius 2 is 2.39 bits per heavy atom. The molecule has 0 saturated carbocycles. The van der Waals surface area contributed by atoms with E-state index in [9.17, 15) is 4.79 Å². The lowest BCUT2D eigenvalue weighted by molar-refractivity contribution is -0.116. The summed E-state index contributed by atoms with van der Waals surface area (Å²) in [5, 5.41) is 15.1. The van der Waals surface area contributed by atoms with E-state index in [1.807, 2.05) is 17.8 Å². The van der Waals surface area contributed by atoms with Gasteiger partial charge in [-0.15, -0.1) is 0 Å². The SMILES string of the molecule is N#Cc1ccccc1NC(=O)CC1CSCCN1. The van der Waals surface area contributed by atoms with Crippen molar-refractivity contribution in [1.82, 2.24) is 5.32 Å². The number of hydrogen-bond donors (Lipinski definition) is 2. The quantitative estimate of drug-likeness (QED) is 0.867. The highest BCUT2D eigenvalue weighted by Gasteiger charge is 2.17. The molecule has 1 heterocycles. The summed E-state index contributed by atoms with van der Waals surface area (Å²) in [7, 11) is 0. The first-order valence-corrected chi connectivity index (χ1v) is 7.05. The second kappa shape index (κ2) is 6.43. The van der Waals surface area contributed by atoms with Gasteiger partial charge in [0.1, 0.15) is 6.07 Å². The third-order valence-electron chi connectivity index (χ3n) is 2.75. The highest BCUT2D eigenvalue weighted by atomic mass is 32.2. The molecule has 18 heavy (non-hydrogen) atoms. The Morgan fingerprint density at radius 3 is 3.11 bits per heavy atom. The lowest BCUT2D eigenvalue weighted by Crippen LogP contribution is -2.39. The number of nitrogens with zero attached hydrogens (tertiary/aromatic N) is 1. The van der Waals surface area contributed by atoms with Crippen LogP contribution in [0.3, 0.4) is 0 Å². The van der Waals surface area contributed by atoms with Gasteiger partial charge in [0.15, 0.2) is 0 Å². The minimum absolute atomic E-state index is 0.0438. The summed E-state index contributed by atoms with van der Waals surface area (Å²) in [5.41, 5.74) is 1.09. The number of carbonyl (C=O) groups excluding carboxylic acids is 1. The summed E-state index contributed by atoms with van der Waals surface area (Å²) >= 11 is 1.86. The van der Waals surface area contributed by atoms with Crippen LogP contribution in [0, 0.1) is 11.3 Å². The summed E-state index contributed by atoms with van der Waals surface area (Å²) in [5.74, 6) is 2.03. The maximum atomic E-state index is 11.9. The monoisotopic (exact) mass is 261 g/mol. The maximum Gasteiger partial charge on any atom is 0.226 e. The largest absolute Gasteiger partial charge is 0.325 e. The first-order valence-electron chi connectivity index (χ1n) is 5.89. The van der Waals surface area contributed by atoms with Crippen molar-refractivity contribution in [1.29, 1.82) is 5.26 Å². The van der Waals surface area contributed by atoms with Crippen LogP contribution in [0.1, 0.15) is 12.0 Å². The minimum atomic E-state index is -0.0438. The maximum absolute atomic E-state index is 11.9. The van der Waals surface area contributed by atoms with Crippen molar-refractivity contribution in [3.63, 3.8) is 0 Å². The van der Waals surface area contributed by atoms with Crippen LogP contribution in [0.25, 0.3) is 0 Å². The molecule has 94 valence electrons. The molecule has 4 nitrogen and oxygen atoms in total. The van der Waals surface area contributed by atoms with E-state index in [2.05, 4.69) is 16.7 Å². The third kappa shape index (κ3) is 3.49. The molecule has 1 fully saturated rings. The fourth-order valence-electron chi connectivity index (χ4n) is 1.87. The highest BCUT2D eigenvalue weighted by Crippen LogP contribution is 2.15. The van der Waals surface area contributed by atoms with Crippen LogP contribution < -0.4 is 10.6 Å². The van der Waals surface area contributed by atoms with Gasteiger partial charge in [-0.3, -0.25) is 4.79 Å². The summed E-state index contributed by atoms with van der Waals surface area (Å²) in [4.78, 5) is 11.9. The first-order chi connectivity index (χ1) is 8.79. The Hall–Kier alpha value is -1.51. The minimum Gasteiger partial charge on any atom is -0.325 e. The number of carbonyl (C=O) groups is 1. The van der Waals surface area contributed by atoms with Crippen molar-refractivity contribution in [2.24, 2.45) is 0 Å². The molecule has 1 amide bonds. The second-order valence-corrected chi connectivity index (χ2v) is 5.29. The Kier molecular flexibility index (Phi) is 4.62. The molecule has 1 aromatic rings. The highest BCUT2D eigenvalue weighted by molar-refractivity contribution is 7.99. The van der Waals surface area contributed by atoms with Gasteiger partial charge in [-0.2, -0.15) is 17.0 Å². The van der Waals surface area contributed by atoms with Crippen molar-refractivity contribution in [3.8, 4) is 6.07 Å². The number of amides is 1. The number of nitriles is 1. The molecule has 0 radical (unpaired) electrons. The molecule has 1 aliphatic heterocycles. The molecule has 2 rings (SSSR count). The van der Waals surface area contributed by atoms with Gasteiger partial charge in [-0.1, -0.05) is 12.1 Å². The summed E-state index contributed by atoms with van der Waals surface area (Å²) in [6.45, 7) is 0.956. The smallest absolute Gasteiger partial charge is 0.226 e. The van der Waals surface area contributed by atoms with Gasteiger partial charge in [0.05, 0.1) is 11.3 Å². The number of hydrogen-bond acceptors (Lipinski definition) is 4. The molecule has 0 bridgehead atoms. The van der Waals surface area contributed by atoms with Gasteiger partial charge in [0.25, 0.3) is 0 Å². The van der Waals surface area contributed by atoms with Gasteiger partial charge in [-0.25, -0.2) is 0 Å². The number of anilines is 1. The molecule has 0 aliphatic carbocycles. The Morgan fingerprint density at radius 1 is 1.56 bits per heavy atom. The van der Waals surface area contributed by atoms with Crippen LogP contribution in [-0.2, 0) is 4.79 Å². The normalized spacial score (nSPS) is 18.9. The summed E-state index contributed by atoms with van der Waals surface area (Å²) < 4.78 is 0. The van der Waals surface area contributed by atoms with E-state index in [1.165, 1.54) is 0 Å². The van der Waals surface area contributed by atoms with Gasteiger partial charge < -0.3 is 10.6 Å². The lowest BCUT2D eigenvalue weighted by Gasteiger charge is -2.22. The van der Waals surface area contributed by atoms with Crippen LogP contribution >= 0.6 is 11.8 Å². The zero-order valence-electron chi connectivity index (χ0n) is 9.98. The standard InChI is InChI=1S/C13H15N3OS/c14-8-10-3-1-2-4-12(10)16-13(17)7-11-9-18-6-5-15-11/h1-4,11,15H,5-7,9H2,(H,16,17). The van der Waals surface area contributed by atoms with Gasteiger partial charge >= 0.3 is 0 Å². The van der Waals surface area contributed by atoms with Crippen molar-refractivity contribution in [2.45, 2.75) is 12.5 Å². The molecule has 1 saturated heterocycles. The van der Waals surface area contributed by atoms with Crippen LogP contribution in [0.5, 0.6) is 0 Å². The number of para-hydroxylation sites is 1. The second-order valence-electron chi connectivity index (χ2n) is 4.14. The van der Waals surface area contributed by atoms with Crippen molar-refractivity contribution >= 4 is 23.4 Å². The van der Waals surface area contributed by atoms with Crippen LogP contribution in [-0.4, -0.2) is 30.0 Å². The lowest BCUT2D eigenvalue weighted by atomic mass is 10.1. The van der Waals surface area contributed by atoms with Crippen molar-refractivity contribution in [2.75, 3.05) is 23.4 Å². The van der Waals surface area contributed by atoms with Crippen LogP contribution in [0.2, 0.25) is 0 Å². The molecular formula is C13H15N3OS. The molecule has 0 aromatic heterocycles. The molecule has 1 atom stereocenters. The fourth-order valence-corrected chi connectivity index (χ4v) is 2.81. The van der Waals surface area contributed by atoms with Crippen molar-refractivity contribution in [3.05, 3.63) is 29.8 Å². The van der Waals surface area contributed by atoms with Crippen molar-refractivity contribution < 1.29 is 4.79 Å². The Labute approximate surface area is 111 Å². The molecule has 1 unspecified atom stereocenters. The van der Waals surface area contributed by atoms with E-state index < -0.39 is 0 Å². The molecule has 5 heteroatoms. The summed E-state index contributed by atoms with van der Waals surface area (Å²) in [6.07, 6.45) is 0.451. The fraction of sp³-hybridized carbons (Fsp3) is 0.385. The zero-order chi connectivity index (χ0) is 12.8. The molecule has 2 N–H and O–H groups in total. The topological polar surface area (TPSA) is 64.9 Å². The predicted molar refractivity (Wildman–Crippen MR) is 73.5 cm³/mol. The molecule has 1 aromatic carbocycles. The number of thioether (sulfide) groups is 1. The number of nitrogens with one attached hydrogen (secondary N) is 2.